The predicted molar refractivity (Wildman–Crippen MR) is 62.5 cm³/mol. The summed E-state index contributed by atoms with van der Waals surface area (Å²) in [5.74, 6) is 0. The second-order valence-corrected chi connectivity index (χ2v) is 6.06. The molecule has 0 aromatic rings. The number of hydrogen-bond acceptors (Lipinski definition) is 1. The molecule has 78 valence electrons. The topological polar surface area (TPSA) is 3.24 Å². The van der Waals surface area contributed by atoms with Gasteiger partial charge in [-0.3, -0.25) is 4.90 Å². The van der Waals surface area contributed by atoms with Gasteiger partial charge >= 0.3 is 0 Å². The van der Waals surface area contributed by atoms with Crippen molar-refractivity contribution in [2.45, 2.75) is 63.4 Å². The Morgan fingerprint density at radius 1 is 1.31 bits per heavy atom. The van der Waals surface area contributed by atoms with Gasteiger partial charge < -0.3 is 0 Å². The molecular weight excluding hydrogens is 226 g/mol. The van der Waals surface area contributed by atoms with Crippen LogP contribution in [0, 0.1) is 0 Å². The Labute approximate surface area is 91.0 Å². The molecule has 1 nitrogen and oxygen atoms in total. The molecule has 0 aromatic heterocycles. The first-order valence-electron chi connectivity index (χ1n) is 5.51. The summed E-state index contributed by atoms with van der Waals surface area (Å²) in [5.41, 5.74) is 0. The smallest absolute Gasteiger partial charge is 0.0132 e. The Morgan fingerprint density at radius 3 is 2.54 bits per heavy atom. The summed E-state index contributed by atoms with van der Waals surface area (Å²) in [6.07, 6.45) is 5.52. The number of piperidine rings is 1. The zero-order valence-corrected chi connectivity index (χ0v) is 10.7. The number of alkyl halides is 1. The molecule has 1 aliphatic rings. The normalized spacial score (nSPS) is 27.9. The number of halogens is 1. The van der Waals surface area contributed by atoms with E-state index in [0.717, 1.165) is 12.1 Å². The highest BCUT2D eigenvalue weighted by atomic mass is 79.9. The Bertz CT molecular complexity index is 145. The highest BCUT2D eigenvalue weighted by Gasteiger charge is 2.24. The van der Waals surface area contributed by atoms with Crippen molar-refractivity contribution in [2.24, 2.45) is 0 Å². The fourth-order valence-electron chi connectivity index (χ4n) is 2.33. The zero-order chi connectivity index (χ0) is 9.84. The molecule has 2 heteroatoms. The maximum atomic E-state index is 3.66. The van der Waals surface area contributed by atoms with Crippen molar-refractivity contribution in [3.63, 3.8) is 0 Å². The second kappa shape index (κ2) is 5.35. The number of rotatable bonds is 3. The molecule has 0 amide bonds. The standard InChI is InChI=1S/C11H22BrN/c1-9(2)13-7-5-4-6-11(13)8-10(3)12/h9-11H,4-8H2,1-3H3. The second-order valence-electron chi connectivity index (χ2n) is 4.50. The van der Waals surface area contributed by atoms with Crippen LogP contribution in [0.25, 0.3) is 0 Å². The molecule has 1 rings (SSSR count). The molecule has 13 heavy (non-hydrogen) atoms. The maximum absolute atomic E-state index is 3.66. The van der Waals surface area contributed by atoms with E-state index in [1.807, 2.05) is 0 Å². The largest absolute Gasteiger partial charge is 0.298 e. The predicted octanol–water partition coefficient (Wildman–Crippen LogP) is 3.42. The molecule has 0 N–H and O–H groups in total. The molecule has 1 fully saturated rings. The van der Waals surface area contributed by atoms with E-state index in [0.29, 0.717) is 4.83 Å². The van der Waals surface area contributed by atoms with Gasteiger partial charge in [-0.2, -0.15) is 0 Å². The van der Waals surface area contributed by atoms with Gasteiger partial charge in [-0.25, -0.2) is 0 Å². The van der Waals surface area contributed by atoms with Gasteiger partial charge in [0.05, 0.1) is 0 Å². The van der Waals surface area contributed by atoms with Crippen molar-refractivity contribution >= 4 is 15.9 Å². The van der Waals surface area contributed by atoms with Gasteiger partial charge in [-0.1, -0.05) is 29.3 Å². The van der Waals surface area contributed by atoms with Gasteiger partial charge in [0.1, 0.15) is 0 Å². The van der Waals surface area contributed by atoms with Crippen LogP contribution < -0.4 is 0 Å². The Kier molecular flexibility index (Phi) is 4.74. The van der Waals surface area contributed by atoms with E-state index in [2.05, 4.69) is 41.6 Å². The van der Waals surface area contributed by atoms with E-state index in [-0.39, 0.29) is 0 Å². The highest BCUT2D eigenvalue weighted by molar-refractivity contribution is 9.09. The van der Waals surface area contributed by atoms with E-state index in [4.69, 9.17) is 0 Å². The van der Waals surface area contributed by atoms with Crippen LogP contribution in [-0.2, 0) is 0 Å². The monoisotopic (exact) mass is 247 g/mol. The van der Waals surface area contributed by atoms with Crippen LogP contribution in [0.4, 0.5) is 0 Å². The van der Waals surface area contributed by atoms with E-state index in [9.17, 15) is 0 Å². The first-order chi connectivity index (χ1) is 6.11. The third-order valence-corrected chi connectivity index (χ3v) is 3.31. The molecule has 2 atom stereocenters. The SMILES string of the molecule is CC(Br)CC1CCCCN1C(C)C. The Balaban J connectivity index is 2.46. The number of hydrogen-bond donors (Lipinski definition) is 0. The van der Waals surface area contributed by atoms with Crippen molar-refractivity contribution in [3.8, 4) is 0 Å². The zero-order valence-electron chi connectivity index (χ0n) is 9.09. The minimum atomic E-state index is 0.664. The van der Waals surface area contributed by atoms with Crippen molar-refractivity contribution in [2.75, 3.05) is 6.54 Å². The van der Waals surface area contributed by atoms with E-state index in [1.54, 1.807) is 0 Å². The summed E-state index contributed by atoms with van der Waals surface area (Å²) in [5, 5.41) is 0. The molecule has 0 spiro atoms. The molecule has 0 bridgehead atoms. The molecule has 0 aromatic carbocycles. The van der Waals surface area contributed by atoms with Crippen LogP contribution in [0.3, 0.4) is 0 Å². The van der Waals surface area contributed by atoms with Crippen LogP contribution in [0.2, 0.25) is 0 Å². The van der Waals surface area contributed by atoms with E-state index in [1.165, 1.54) is 32.2 Å². The molecule has 0 saturated carbocycles. The lowest BCUT2D eigenvalue weighted by Crippen LogP contribution is -2.44. The number of nitrogens with zero attached hydrogens (tertiary/aromatic N) is 1. The van der Waals surface area contributed by atoms with Gasteiger partial charge in [0.25, 0.3) is 0 Å². The molecule has 1 aliphatic heterocycles. The lowest BCUT2D eigenvalue weighted by atomic mass is 9.97. The summed E-state index contributed by atoms with van der Waals surface area (Å²) in [6.45, 7) is 8.20. The first-order valence-corrected chi connectivity index (χ1v) is 6.42. The van der Waals surface area contributed by atoms with Crippen molar-refractivity contribution in [1.82, 2.24) is 4.90 Å². The summed E-state index contributed by atoms with van der Waals surface area (Å²) in [7, 11) is 0. The molecule has 1 saturated heterocycles. The lowest BCUT2D eigenvalue weighted by Gasteiger charge is -2.39. The maximum Gasteiger partial charge on any atom is 0.0132 e. The van der Waals surface area contributed by atoms with E-state index < -0.39 is 0 Å². The highest BCUT2D eigenvalue weighted by Crippen LogP contribution is 2.24. The van der Waals surface area contributed by atoms with Crippen LogP contribution in [-0.4, -0.2) is 28.4 Å². The van der Waals surface area contributed by atoms with Gasteiger partial charge in [0.15, 0.2) is 0 Å². The molecule has 0 aliphatic carbocycles. The third kappa shape index (κ3) is 3.59. The van der Waals surface area contributed by atoms with Gasteiger partial charge in [-0.05, 0) is 39.7 Å². The quantitative estimate of drug-likeness (QED) is 0.692. The minimum Gasteiger partial charge on any atom is -0.298 e. The average molecular weight is 248 g/mol. The van der Waals surface area contributed by atoms with Gasteiger partial charge in [0.2, 0.25) is 0 Å². The van der Waals surface area contributed by atoms with Crippen LogP contribution in [0.15, 0.2) is 0 Å². The summed E-state index contributed by atoms with van der Waals surface area (Å²) < 4.78 is 0. The molecule has 2 unspecified atom stereocenters. The van der Waals surface area contributed by atoms with Crippen LogP contribution in [0.5, 0.6) is 0 Å². The minimum absolute atomic E-state index is 0.664. The fourth-order valence-corrected chi connectivity index (χ4v) is 2.76. The summed E-state index contributed by atoms with van der Waals surface area (Å²) >= 11 is 3.66. The summed E-state index contributed by atoms with van der Waals surface area (Å²) in [4.78, 5) is 3.33. The third-order valence-electron chi connectivity index (χ3n) is 2.93. The van der Waals surface area contributed by atoms with Crippen molar-refractivity contribution in [1.29, 1.82) is 0 Å². The first kappa shape index (κ1) is 11.5. The van der Waals surface area contributed by atoms with Gasteiger partial charge in [-0.15, -0.1) is 0 Å². The molecule has 0 radical (unpaired) electrons. The van der Waals surface area contributed by atoms with Gasteiger partial charge in [0, 0.05) is 16.9 Å². The lowest BCUT2D eigenvalue weighted by molar-refractivity contribution is 0.106. The van der Waals surface area contributed by atoms with Crippen molar-refractivity contribution in [3.05, 3.63) is 0 Å². The van der Waals surface area contributed by atoms with E-state index >= 15 is 0 Å². The molecule has 1 heterocycles. The number of likely N-dealkylation sites (tertiary alicyclic amines) is 1. The van der Waals surface area contributed by atoms with Crippen molar-refractivity contribution < 1.29 is 0 Å². The molecular formula is C11H22BrN. The Morgan fingerprint density at radius 2 is 2.00 bits per heavy atom. The van der Waals surface area contributed by atoms with Crippen LogP contribution in [0.1, 0.15) is 46.5 Å². The summed E-state index contributed by atoms with van der Waals surface area (Å²) in [6, 6.07) is 1.54. The van der Waals surface area contributed by atoms with Crippen LogP contribution >= 0.6 is 15.9 Å². The average Bonchev–Trinajstić information content (AvgIpc) is 2.03. The fraction of sp³-hybridized carbons (Fsp3) is 1.00. The Hall–Kier alpha value is 0.440.